The summed E-state index contributed by atoms with van der Waals surface area (Å²) in [5.74, 6) is -0.423. The van der Waals surface area contributed by atoms with Gasteiger partial charge >= 0.3 is 0 Å². The van der Waals surface area contributed by atoms with Gasteiger partial charge in [-0.05, 0) is 12.8 Å². The highest BCUT2D eigenvalue weighted by atomic mass is 16.5. The molecule has 5 heteroatoms. The Morgan fingerprint density at radius 3 is 2.86 bits per heavy atom. The summed E-state index contributed by atoms with van der Waals surface area (Å²) in [6, 6.07) is 0.539. The molecule has 14 heavy (non-hydrogen) atoms. The minimum Gasteiger partial charge on any atom is -0.381 e. The van der Waals surface area contributed by atoms with Gasteiger partial charge in [0.1, 0.15) is 6.61 Å². The van der Waals surface area contributed by atoms with Crippen LogP contribution < -0.4 is 11.1 Å². The molecule has 0 aromatic rings. The van der Waals surface area contributed by atoms with E-state index in [4.69, 9.17) is 15.2 Å². The van der Waals surface area contributed by atoms with Crippen LogP contribution in [0.5, 0.6) is 0 Å². The fourth-order valence-corrected chi connectivity index (χ4v) is 1.43. The van der Waals surface area contributed by atoms with E-state index in [0.29, 0.717) is 18.8 Å². The van der Waals surface area contributed by atoms with Crippen LogP contribution in [0.4, 0.5) is 0 Å². The van der Waals surface area contributed by atoms with Crippen LogP contribution in [0.3, 0.4) is 0 Å². The lowest BCUT2D eigenvalue weighted by atomic mass is 9.89. The average molecular weight is 202 g/mol. The summed E-state index contributed by atoms with van der Waals surface area (Å²) in [5, 5.41) is 3.30. The first-order valence-electron chi connectivity index (χ1n) is 4.84. The van der Waals surface area contributed by atoms with Crippen molar-refractivity contribution in [2.45, 2.75) is 25.0 Å². The molecule has 0 aromatic carbocycles. The van der Waals surface area contributed by atoms with Gasteiger partial charge in [0.25, 0.3) is 0 Å². The van der Waals surface area contributed by atoms with E-state index in [1.807, 2.05) is 0 Å². The number of carbonyl (C=O) groups is 1. The fourth-order valence-electron chi connectivity index (χ4n) is 1.43. The van der Waals surface area contributed by atoms with Gasteiger partial charge in [0.2, 0.25) is 5.91 Å². The molecule has 0 atom stereocenters. The van der Waals surface area contributed by atoms with Crippen LogP contribution >= 0.6 is 0 Å². The molecule has 0 radical (unpaired) electrons. The van der Waals surface area contributed by atoms with E-state index in [1.165, 1.54) is 0 Å². The van der Waals surface area contributed by atoms with E-state index in [0.717, 1.165) is 19.4 Å². The van der Waals surface area contributed by atoms with Crippen molar-refractivity contribution in [3.8, 4) is 0 Å². The minimum absolute atomic E-state index is 0.00699. The Hall–Kier alpha value is -0.650. The number of hydrogen-bond donors (Lipinski definition) is 2. The predicted octanol–water partition coefficient (Wildman–Crippen LogP) is -0.745. The second kappa shape index (κ2) is 5.95. The zero-order chi connectivity index (χ0) is 10.4. The van der Waals surface area contributed by atoms with Gasteiger partial charge in [0, 0.05) is 19.7 Å². The van der Waals surface area contributed by atoms with Gasteiger partial charge in [0.05, 0.1) is 12.7 Å². The van der Waals surface area contributed by atoms with Crippen molar-refractivity contribution < 1.29 is 14.3 Å². The number of ether oxygens (including phenoxy) is 2. The zero-order valence-corrected chi connectivity index (χ0v) is 8.49. The van der Waals surface area contributed by atoms with Crippen molar-refractivity contribution in [1.29, 1.82) is 0 Å². The van der Waals surface area contributed by atoms with Crippen LogP contribution in [0.25, 0.3) is 0 Å². The first kappa shape index (κ1) is 11.4. The number of hydrogen-bond acceptors (Lipinski definition) is 4. The third-order valence-electron chi connectivity index (χ3n) is 2.35. The van der Waals surface area contributed by atoms with Crippen molar-refractivity contribution in [3.63, 3.8) is 0 Å². The Labute approximate surface area is 83.9 Å². The summed E-state index contributed by atoms with van der Waals surface area (Å²) in [7, 11) is 1.73. The summed E-state index contributed by atoms with van der Waals surface area (Å²) in [6.07, 6.45) is 2.54. The van der Waals surface area contributed by atoms with Crippen LogP contribution in [0, 0.1) is 0 Å². The monoisotopic (exact) mass is 202 g/mol. The topological polar surface area (TPSA) is 73.6 Å². The van der Waals surface area contributed by atoms with Gasteiger partial charge in [0.15, 0.2) is 0 Å². The maximum atomic E-state index is 10.3. The zero-order valence-electron chi connectivity index (χ0n) is 8.49. The highest BCUT2D eigenvalue weighted by Gasteiger charge is 2.27. The SMILES string of the molecule is COC1CC(NCCOCC(N)=O)C1. The Morgan fingerprint density at radius 2 is 2.29 bits per heavy atom. The molecule has 1 saturated carbocycles. The lowest BCUT2D eigenvalue weighted by Gasteiger charge is -2.34. The molecule has 5 nitrogen and oxygen atoms in total. The lowest BCUT2D eigenvalue weighted by Crippen LogP contribution is -2.46. The molecule has 1 rings (SSSR count). The van der Waals surface area contributed by atoms with E-state index < -0.39 is 5.91 Å². The maximum absolute atomic E-state index is 10.3. The van der Waals surface area contributed by atoms with Gasteiger partial charge in [-0.25, -0.2) is 0 Å². The fraction of sp³-hybridized carbons (Fsp3) is 0.889. The quantitative estimate of drug-likeness (QED) is 0.533. The second-order valence-electron chi connectivity index (χ2n) is 3.50. The van der Waals surface area contributed by atoms with Gasteiger partial charge in [-0.1, -0.05) is 0 Å². The van der Waals surface area contributed by atoms with Crippen LogP contribution in [0.1, 0.15) is 12.8 Å². The summed E-state index contributed by atoms with van der Waals surface area (Å²) in [4.78, 5) is 10.3. The largest absolute Gasteiger partial charge is 0.381 e. The Bertz CT molecular complexity index is 181. The Kier molecular flexibility index (Phi) is 4.86. The summed E-state index contributed by atoms with van der Waals surface area (Å²) < 4.78 is 10.1. The normalized spacial score (nSPS) is 25.8. The first-order valence-corrected chi connectivity index (χ1v) is 4.84. The molecule has 0 aliphatic heterocycles. The number of methoxy groups -OCH3 is 1. The van der Waals surface area contributed by atoms with E-state index >= 15 is 0 Å². The van der Waals surface area contributed by atoms with Crippen molar-refractivity contribution in [2.75, 3.05) is 26.9 Å². The molecule has 1 aliphatic carbocycles. The molecule has 1 fully saturated rings. The molecule has 0 saturated heterocycles. The van der Waals surface area contributed by atoms with Crippen molar-refractivity contribution in [1.82, 2.24) is 5.32 Å². The van der Waals surface area contributed by atoms with E-state index in [-0.39, 0.29) is 6.61 Å². The molecule has 0 unspecified atom stereocenters. The van der Waals surface area contributed by atoms with Gasteiger partial charge in [-0.3, -0.25) is 4.79 Å². The number of nitrogens with one attached hydrogen (secondary N) is 1. The molecule has 3 N–H and O–H groups in total. The third kappa shape index (κ3) is 4.04. The molecular formula is C9H18N2O3. The van der Waals surface area contributed by atoms with Gasteiger partial charge in [-0.15, -0.1) is 0 Å². The molecule has 0 aromatic heterocycles. The summed E-state index contributed by atoms with van der Waals surface area (Å²) in [5.41, 5.74) is 4.91. The Balaban J connectivity index is 1.84. The Morgan fingerprint density at radius 1 is 1.57 bits per heavy atom. The number of nitrogens with two attached hydrogens (primary N) is 1. The minimum atomic E-state index is -0.423. The number of amides is 1. The van der Waals surface area contributed by atoms with E-state index in [9.17, 15) is 4.79 Å². The van der Waals surface area contributed by atoms with Crippen LogP contribution in [-0.2, 0) is 14.3 Å². The average Bonchev–Trinajstić information content (AvgIpc) is 2.07. The lowest BCUT2D eigenvalue weighted by molar-refractivity contribution is -0.122. The van der Waals surface area contributed by atoms with Gasteiger partial charge in [-0.2, -0.15) is 0 Å². The van der Waals surface area contributed by atoms with Gasteiger partial charge < -0.3 is 20.5 Å². The van der Waals surface area contributed by atoms with Crippen LogP contribution in [0.15, 0.2) is 0 Å². The standard InChI is InChI=1S/C9H18N2O3/c1-13-8-4-7(5-8)11-2-3-14-6-9(10)12/h7-8,11H,2-6H2,1H3,(H2,10,12). The van der Waals surface area contributed by atoms with E-state index in [1.54, 1.807) is 7.11 Å². The molecule has 0 bridgehead atoms. The van der Waals surface area contributed by atoms with Crippen molar-refractivity contribution in [3.05, 3.63) is 0 Å². The highest BCUT2D eigenvalue weighted by Crippen LogP contribution is 2.21. The first-order chi connectivity index (χ1) is 6.72. The number of carbonyl (C=O) groups excluding carboxylic acids is 1. The predicted molar refractivity (Wildman–Crippen MR) is 51.8 cm³/mol. The molecule has 1 aliphatic rings. The molecular weight excluding hydrogens is 184 g/mol. The molecule has 0 heterocycles. The molecule has 1 amide bonds. The third-order valence-corrected chi connectivity index (χ3v) is 2.35. The second-order valence-corrected chi connectivity index (χ2v) is 3.50. The van der Waals surface area contributed by atoms with Crippen LogP contribution in [0.2, 0.25) is 0 Å². The maximum Gasteiger partial charge on any atom is 0.243 e. The molecule has 0 spiro atoms. The number of rotatable bonds is 7. The summed E-state index contributed by atoms with van der Waals surface area (Å²) in [6.45, 7) is 1.29. The van der Waals surface area contributed by atoms with Crippen LogP contribution in [-0.4, -0.2) is 44.9 Å². The highest BCUT2D eigenvalue weighted by molar-refractivity contribution is 5.74. The summed E-state index contributed by atoms with van der Waals surface area (Å²) >= 11 is 0. The van der Waals surface area contributed by atoms with Crippen molar-refractivity contribution >= 4 is 5.91 Å². The smallest absolute Gasteiger partial charge is 0.243 e. The molecule has 82 valence electrons. The van der Waals surface area contributed by atoms with Crippen molar-refractivity contribution in [2.24, 2.45) is 5.73 Å². The van der Waals surface area contributed by atoms with E-state index in [2.05, 4.69) is 5.32 Å². The number of primary amides is 1.